The molecule has 3 aliphatic heterocycles. The second kappa shape index (κ2) is 17.9. The quantitative estimate of drug-likeness (QED) is 0.159. The fourth-order valence-electron chi connectivity index (χ4n) is 16.9. The Morgan fingerprint density at radius 3 is 1.67 bits per heavy atom. The Morgan fingerprint density at radius 1 is 0.440 bits per heavy atom. The summed E-state index contributed by atoms with van der Waals surface area (Å²) >= 11 is 0. The number of aryl methyl sites for hydroxylation is 1. The summed E-state index contributed by atoms with van der Waals surface area (Å²) in [6.45, 7) is 44.0. The zero-order valence-electron chi connectivity index (χ0n) is 54.0. The van der Waals surface area contributed by atoms with Crippen molar-refractivity contribution in [2.45, 2.75) is 207 Å². The van der Waals surface area contributed by atoms with Crippen molar-refractivity contribution >= 4 is 57.6 Å². The van der Waals surface area contributed by atoms with Gasteiger partial charge in [0.15, 0.2) is 0 Å². The van der Waals surface area contributed by atoms with Gasteiger partial charge in [-0.2, -0.15) is 0 Å². The number of hydrogen-bond donors (Lipinski definition) is 0. The normalized spacial score (nSPS) is 21.0. The van der Waals surface area contributed by atoms with Gasteiger partial charge in [-0.15, -0.1) is 0 Å². The Balaban J connectivity index is 1.14. The van der Waals surface area contributed by atoms with E-state index in [9.17, 15) is 0 Å². The number of anilines is 7. The molecule has 3 nitrogen and oxygen atoms in total. The van der Waals surface area contributed by atoms with Gasteiger partial charge in [0.1, 0.15) is 0 Å². The van der Waals surface area contributed by atoms with Crippen LogP contribution in [0.4, 0.5) is 39.8 Å². The van der Waals surface area contributed by atoms with Gasteiger partial charge in [0.05, 0.1) is 5.54 Å². The predicted octanol–water partition coefficient (Wildman–Crippen LogP) is 20.7. The van der Waals surface area contributed by atoms with E-state index in [4.69, 9.17) is 0 Å². The van der Waals surface area contributed by atoms with Gasteiger partial charge in [0.2, 0.25) is 0 Å². The van der Waals surface area contributed by atoms with Crippen LogP contribution >= 0.6 is 0 Å². The number of nitrogens with zero attached hydrogens (tertiary/aromatic N) is 3. The van der Waals surface area contributed by atoms with Crippen molar-refractivity contribution in [3.63, 3.8) is 0 Å². The lowest BCUT2D eigenvalue weighted by Gasteiger charge is -2.53. The third kappa shape index (κ3) is 7.82. The fourth-order valence-corrected chi connectivity index (χ4v) is 16.9. The lowest BCUT2D eigenvalue weighted by Crippen LogP contribution is -2.65. The molecule has 4 heteroatoms. The summed E-state index contributed by atoms with van der Waals surface area (Å²) in [6.07, 6.45) is 7.13. The molecule has 2 unspecified atom stereocenters. The summed E-state index contributed by atoms with van der Waals surface area (Å²) < 4.78 is 0. The average molecular weight is 1100 g/mol. The Hall–Kier alpha value is -6.78. The maximum atomic E-state index is 2.95. The summed E-state index contributed by atoms with van der Waals surface area (Å²) in [5, 5.41) is 0. The smallest absolute Gasteiger partial charge is 0.333 e. The van der Waals surface area contributed by atoms with Crippen LogP contribution in [-0.4, -0.2) is 12.4 Å². The second-order valence-electron chi connectivity index (χ2n) is 32.1. The molecule has 1 saturated carbocycles. The Kier molecular flexibility index (Phi) is 11.7. The topological polar surface area (TPSA) is 9.72 Å². The molecular formula is C80H90BN3. The van der Waals surface area contributed by atoms with Crippen molar-refractivity contribution in [1.29, 1.82) is 0 Å². The maximum absolute atomic E-state index is 2.95. The number of rotatable bonds is 5. The van der Waals surface area contributed by atoms with E-state index >= 15 is 0 Å². The first kappa shape index (κ1) is 55.1. The Labute approximate surface area is 505 Å². The van der Waals surface area contributed by atoms with Crippen LogP contribution in [0, 0.1) is 6.92 Å². The van der Waals surface area contributed by atoms with Crippen LogP contribution in [0.25, 0.3) is 33.4 Å². The highest BCUT2D eigenvalue weighted by Gasteiger charge is 2.62. The van der Waals surface area contributed by atoms with E-state index in [2.05, 4.69) is 285 Å². The van der Waals surface area contributed by atoms with Gasteiger partial charge in [-0.3, -0.25) is 0 Å². The van der Waals surface area contributed by atoms with Gasteiger partial charge in [-0.05, 0) is 198 Å². The molecule has 1 fully saturated rings. The van der Waals surface area contributed by atoms with E-state index in [1.807, 2.05) is 0 Å². The van der Waals surface area contributed by atoms with E-state index in [1.165, 1.54) is 149 Å². The highest BCUT2D eigenvalue weighted by atomic mass is 15.3. The second-order valence-corrected chi connectivity index (χ2v) is 32.1. The minimum atomic E-state index is -0.228. The van der Waals surface area contributed by atoms with Crippen molar-refractivity contribution in [2.75, 3.05) is 14.6 Å². The van der Waals surface area contributed by atoms with Crippen molar-refractivity contribution < 1.29 is 0 Å². The van der Waals surface area contributed by atoms with Gasteiger partial charge in [0, 0.05) is 61.8 Å². The highest BCUT2D eigenvalue weighted by Crippen LogP contribution is 2.65. The van der Waals surface area contributed by atoms with Gasteiger partial charge >= 0.3 is 6.85 Å². The van der Waals surface area contributed by atoms with Crippen LogP contribution in [0.1, 0.15) is 206 Å². The molecule has 14 rings (SSSR count). The standard InChI is InChI=1S/C80H90BN3/c1-49-42-53(74(5,6)7)30-37-67(49)84-71-58(35-36-61-69(71)60-47-63-64(48-62(60)78(61,15)16)77(13,14)41-40-76(63,11)12)59-45-57(82(56-33-28-52(29-34-56)73(2,3)4)55-31-26-51(27-32-55)50-24-20-19-21-25-50)46-68-70(59)81(84)66-44-54(75(8,9)10)43-65-72(66)83(68)80(18)39-23-22-38-79(65,80)17/h19-21,24-37,42-48H,22-23,38-41H2,1-18H3. The largest absolute Gasteiger partial charge is 0.376 e. The summed E-state index contributed by atoms with van der Waals surface area (Å²) in [4.78, 5) is 8.44. The molecular weight excluding hydrogens is 1010 g/mol. The van der Waals surface area contributed by atoms with Gasteiger partial charge in [0.25, 0.3) is 0 Å². The maximum Gasteiger partial charge on any atom is 0.333 e. The predicted molar refractivity (Wildman–Crippen MR) is 362 cm³/mol. The van der Waals surface area contributed by atoms with E-state index in [0.29, 0.717) is 0 Å². The van der Waals surface area contributed by atoms with Gasteiger partial charge in [-0.25, -0.2) is 0 Å². The third-order valence-electron chi connectivity index (χ3n) is 22.4. The van der Waals surface area contributed by atoms with Crippen molar-refractivity contribution in [3.05, 3.63) is 196 Å². The monoisotopic (exact) mass is 1100 g/mol. The molecule has 428 valence electrons. The van der Waals surface area contributed by atoms with Crippen LogP contribution in [0.5, 0.6) is 0 Å². The Bertz CT molecular complexity index is 4040. The van der Waals surface area contributed by atoms with Crippen LogP contribution in [0.15, 0.2) is 146 Å². The first-order valence-corrected chi connectivity index (χ1v) is 32.0. The molecule has 8 aromatic carbocycles. The molecule has 0 saturated heterocycles. The number of hydrogen-bond acceptors (Lipinski definition) is 3. The zero-order chi connectivity index (χ0) is 59.4. The first-order chi connectivity index (χ1) is 39.4. The van der Waals surface area contributed by atoms with Crippen molar-refractivity contribution in [1.82, 2.24) is 0 Å². The molecule has 2 atom stereocenters. The minimum absolute atomic E-state index is 0.00164. The SMILES string of the molecule is Cc1cc(C(C)(C)C)ccc1N1B2c3cc(C(C)(C)C)cc4c3N(c3cc(N(c5ccc(-c6ccccc6)cc5)c5ccc(C(C)(C)C)cc5)cc(c32)-c2ccc3c(c21)-c1cc2c(cc1C3(C)C)C(C)(C)CCC2(C)C)C1(C)CCCCC41C. The van der Waals surface area contributed by atoms with Crippen LogP contribution < -0.4 is 25.5 Å². The van der Waals surface area contributed by atoms with E-state index in [1.54, 1.807) is 5.56 Å². The third-order valence-corrected chi connectivity index (χ3v) is 22.4. The molecule has 8 aromatic rings. The summed E-state index contributed by atoms with van der Waals surface area (Å²) in [6, 6.07) is 58.4. The summed E-state index contributed by atoms with van der Waals surface area (Å²) in [7, 11) is 0. The van der Waals surface area contributed by atoms with E-state index in [0.717, 1.165) is 17.8 Å². The minimum Gasteiger partial charge on any atom is -0.376 e. The van der Waals surface area contributed by atoms with Gasteiger partial charge in [-0.1, -0.05) is 221 Å². The molecule has 6 aliphatic rings. The molecule has 0 bridgehead atoms. The van der Waals surface area contributed by atoms with Crippen molar-refractivity contribution in [3.8, 4) is 33.4 Å². The average Bonchev–Trinajstić information content (AvgIpc) is 1.41. The molecule has 3 heterocycles. The molecule has 0 N–H and O–H groups in total. The van der Waals surface area contributed by atoms with Crippen LogP contribution in [0.2, 0.25) is 0 Å². The molecule has 0 spiro atoms. The fraction of sp³-hybridized carbons (Fsp3) is 0.400. The molecule has 0 amide bonds. The van der Waals surface area contributed by atoms with Crippen LogP contribution in [-0.2, 0) is 37.9 Å². The summed E-state index contributed by atoms with van der Waals surface area (Å²) in [5.41, 5.74) is 32.3. The molecule has 0 radical (unpaired) electrons. The number of benzene rings is 8. The van der Waals surface area contributed by atoms with E-state index < -0.39 is 0 Å². The lowest BCUT2D eigenvalue weighted by molar-refractivity contribution is 0.195. The van der Waals surface area contributed by atoms with Crippen molar-refractivity contribution in [2.24, 2.45) is 0 Å². The Morgan fingerprint density at radius 2 is 1.04 bits per heavy atom. The highest BCUT2D eigenvalue weighted by molar-refractivity contribution is 6.94. The molecule has 84 heavy (non-hydrogen) atoms. The zero-order valence-corrected chi connectivity index (χ0v) is 54.0. The molecule has 0 aromatic heterocycles. The number of fused-ring (bicyclic) bond motifs is 12. The first-order valence-electron chi connectivity index (χ1n) is 32.0. The van der Waals surface area contributed by atoms with Gasteiger partial charge < -0.3 is 14.6 Å². The molecule has 3 aliphatic carbocycles. The van der Waals surface area contributed by atoms with E-state index in [-0.39, 0.29) is 50.3 Å². The lowest BCUT2D eigenvalue weighted by atomic mass is 9.42. The summed E-state index contributed by atoms with van der Waals surface area (Å²) in [5.74, 6) is 0. The van der Waals surface area contributed by atoms with Crippen LogP contribution in [0.3, 0.4) is 0 Å².